The molecule has 0 amide bonds. The number of aromatic nitrogens is 1. The molecule has 130 valence electrons. The van der Waals surface area contributed by atoms with Gasteiger partial charge >= 0.3 is 0 Å². The molecule has 2 heterocycles. The van der Waals surface area contributed by atoms with Crippen LogP contribution in [0.1, 0.15) is 38.1 Å². The Morgan fingerprint density at radius 2 is 2.04 bits per heavy atom. The van der Waals surface area contributed by atoms with Gasteiger partial charge in [-0.3, -0.25) is 9.98 Å². The molecule has 0 bridgehead atoms. The number of likely N-dealkylation sites (tertiary alicyclic amines) is 1. The third kappa shape index (κ3) is 6.63. The van der Waals surface area contributed by atoms with Crippen molar-refractivity contribution in [2.24, 2.45) is 4.99 Å². The fourth-order valence-electron chi connectivity index (χ4n) is 2.82. The number of halogens is 1. The number of rotatable bonds is 4. The highest BCUT2D eigenvalue weighted by Crippen LogP contribution is 2.12. The van der Waals surface area contributed by atoms with Gasteiger partial charge in [0.25, 0.3) is 0 Å². The number of nitrogens with zero attached hydrogens (tertiary/aromatic N) is 3. The van der Waals surface area contributed by atoms with Crippen LogP contribution in [0, 0.1) is 6.92 Å². The minimum atomic E-state index is 0. The van der Waals surface area contributed by atoms with Gasteiger partial charge in [-0.2, -0.15) is 0 Å². The lowest BCUT2D eigenvalue weighted by Gasteiger charge is -2.35. The minimum absolute atomic E-state index is 0. The summed E-state index contributed by atoms with van der Waals surface area (Å²) in [6.07, 6.45) is 2.34. The van der Waals surface area contributed by atoms with Crippen molar-refractivity contribution >= 4 is 29.9 Å². The number of hydrogen-bond acceptors (Lipinski definition) is 3. The van der Waals surface area contributed by atoms with Crippen molar-refractivity contribution in [2.75, 3.05) is 20.1 Å². The van der Waals surface area contributed by atoms with E-state index in [4.69, 9.17) is 0 Å². The van der Waals surface area contributed by atoms with E-state index in [-0.39, 0.29) is 24.0 Å². The minimum Gasteiger partial charge on any atom is -0.354 e. The van der Waals surface area contributed by atoms with E-state index in [1.54, 1.807) is 0 Å². The number of nitrogens with one attached hydrogen (secondary N) is 2. The highest BCUT2D eigenvalue weighted by Gasteiger charge is 2.21. The van der Waals surface area contributed by atoms with Crippen LogP contribution in [0.4, 0.5) is 0 Å². The topological polar surface area (TPSA) is 52.6 Å². The molecule has 1 aromatic rings. The molecule has 0 unspecified atom stereocenters. The van der Waals surface area contributed by atoms with Gasteiger partial charge in [-0.1, -0.05) is 6.07 Å². The van der Waals surface area contributed by atoms with Crippen LogP contribution in [0.25, 0.3) is 0 Å². The van der Waals surface area contributed by atoms with E-state index >= 15 is 0 Å². The van der Waals surface area contributed by atoms with Gasteiger partial charge < -0.3 is 15.5 Å². The summed E-state index contributed by atoms with van der Waals surface area (Å²) in [5.41, 5.74) is 2.08. The molecular weight excluding hydrogens is 401 g/mol. The van der Waals surface area contributed by atoms with E-state index in [0.717, 1.165) is 30.4 Å². The Morgan fingerprint density at radius 3 is 2.61 bits per heavy atom. The van der Waals surface area contributed by atoms with Crippen LogP contribution >= 0.6 is 24.0 Å². The molecule has 0 aliphatic carbocycles. The van der Waals surface area contributed by atoms with Crippen LogP contribution < -0.4 is 10.6 Å². The summed E-state index contributed by atoms with van der Waals surface area (Å²) < 4.78 is 0. The third-order valence-electron chi connectivity index (χ3n) is 4.21. The average molecular weight is 431 g/mol. The van der Waals surface area contributed by atoms with Gasteiger partial charge in [0.2, 0.25) is 0 Å². The van der Waals surface area contributed by atoms with E-state index in [9.17, 15) is 0 Å². The number of piperidine rings is 1. The molecule has 2 rings (SSSR count). The number of aryl methyl sites for hydroxylation is 1. The van der Waals surface area contributed by atoms with Crippen molar-refractivity contribution in [1.82, 2.24) is 20.5 Å². The van der Waals surface area contributed by atoms with E-state index in [0.29, 0.717) is 18.6 Å². The molecule has 0 atom stereocenters. The average Bonchev–Trinajstić information content (AvgIpc) is 2.52. The summed E-state index contributed by atoms with van der Waals surface area (Å²) >= 11 is 0. The molecule has 1 fully saturated rings. The second kappa shape index (κ2) is 10.1. The van der Waals surface area contributed by atoms with Crippen molar-refractivity contribution in [1.29, 1.82) is 0 Å². The Morgan fingerprint density at radius 1 is 1.35 bits per heavy atom. The molecule has 2 N–H and O–H groups in total. The van der Waals surface area contributed by atoms with E-state index in [2.05, 4.69) is 39.4 Å². The van der Waals surface area contributed by atoms with Crippen LogP contribution in [0.2, 0.25) is 0 Å². The molecule has 1 aliphatic rings. The fourth-order valence-corrected chi connectivity index (χ4v) is 2.82. The normalized spacial score (nSPS) is 17.0. The standard InChI is InChI=1S/C17H29N5.HI/c1-13(2)22-10-8-15(9-11-22)21-17(18-4)19-12-16-7-5-6-14(3)20-16;/h5-7,13,15H,8-12H2,1-4H3,(H2,18,19,21);1H. The maximum atomic E-state index is 4.50. The Kier molecular flexibility index (Phi) is 8.83. The summed E-state index contributed by atoms with van der Waals surface area (Å²) in [4.78, 5) is 11.4. The van der Waals surface area contributed by atoms with Gasteiger partial charge in [-0.25, -0.2) is 0 Å². The van der Waals surface area contributed by atoms with Crippen molar-refractivity contribution in [3.8, 4) is 0 Å². The highest BCUT2D eigenvalue weighted by molar-refractivity contribution is 14.0. The summed E-state index contributed by atoms with van der Waals surface area (Å²) in [6, 6.07) is 7.24. The largest absolute Gasteiger partial charge is 0.354 e. The molecule has 1 aliphatic heterocycles. The molecule has 0 spiro atoms. The molecular formula is C17H30IN5. The van der Waals surface area contributed by atoms with E-state index in [1.165, 1.54) is 12.8 Å². The molecule has 0 saturated carbocycles. The highest BCUT2D eigenvalue weighted by atomic mass is 127. The second-order valence-corrected chi connectivity index (χ2v) is 6.24. The van der Waals surface area contributed by atoms with Crippen LogP contribution in [0.5, 0.6) is 0 Å². The summed E-state index contributed by atoms with van der Waals surface area (Å²) in [6.45, 7) is 9.56. The van der Waals surface area contributed by atoms with Gasteiger partial charge in [0.05, 0.1) is 12.2 Å². The van der Waals surface area contributed by atoms with Gasteiger partial charge in [0.1, 0.15) is 0 Å². The third-order valence-corrected chi connectivity index (χ3v) is 4.21. The lowest BCUT2D eigenvalue weighted by Crippen LogP contribution is -2.49. The first kappa shape index (κ1) is 20.2. The van der Waals surface area contributed by atoms with Crippen molar-refractivity contribution < 1.29 is 0 Å². The number of pyridine rings is 1. The number of aliphatic imine (C=N–C) groups is 1. The van der Waals surface area contributed by atoms with Crippen molar-refractivity contribution in [3.05, 3.63) is 29.6 Å². The summed E-state index contributed by atoms with van der Waals surface area (Å²) in [5.74, 6) is 0.867. The lowest BCUT2D eigenvalue weighted by molar-refractivity contribution is 0.167. The number of guanidine groups is 1. The van der Waals surface area contributed by atoms with E-state index < -0.39 is 0 Å². The molecule has 1 aromatic heterocycles. The Hall–Kier alpha value is -0.890. The summed E-state index contributed by atoms with van der Waals surface area (Å²) in [7, 11) is 1.82. The molecule has 23 heavy (non-hydrogen) atoms. The fraction of sp³-hybridized carbons (Fsp3) is 0.647. The van der Waals surface area contributed by atoms with Gasteiger partial charge in [-0.15, -0.1) is 24.0 Å². The predicted molar refractivity (Wildman–Crippen MR) is 107 cm³/mol. The maximum absolute atomic E-state index is 4.50. The Balaban J connectivity index is 0.00000264. The van der Waals surface area contributed by atoms with Crippen LogP contribution in [-0.2, 0) is 6.54 Å². The van der Waals surface area contributed by atoms with Crippen LogP contribution in [0.3, 0.4) is 0 Å². The van der Waals surface area contributed by atoms with Gasteiger partial charge in [0, 0.05) is 37.9 Å². The Bertz CT molecular complexity index is 496. The van der Waals surface area contributed by atoms with E-state index in [1.807, 2.05) is 32.2 Å². The first-order chi connectivity index (χ1) is 10.6. The van der Waals surface area contributed by atoms with Crippen molar-refractivity contribution in [3.63, 3.8) is 0 Å². The monoisotopic (exact) mass is 431 g/mol. The van der Waals surface area contributed by atoms with Crippen molar-refractivity contribution in [2.45, 2.75) is 52.2 Å². The summed E-state index contributed by atoms with van der Waals surface area (Å²) in [5, 5.41) is 6.89. The van der Waals surface area contributed by atoms with Crippen LogP contribution in [-0.4, -0.2) is 48.1 Å². The molecule has 6 heteroatoms. The Labute approximate surface area is 157 Å². The lowest BCUT2D eigenvalue weighted by atomic mass is 10.0. The smallest absolute Gasteiger partial charge is 0.191 e. The van der Waals surface area contributed by atoms with Gasteiger partial charge in [-0.05, 0) is 45.7 Å². The number of hydrogen-bond donors (Lipinski definition) is 2. The first-order valence-electron chi connectivity index (χ1n) is 8.22. The maximum Gasteiger partial charge on any atom is 0.191 e. The van der Waals surface area contributed by atoms with Crippen LogP contribution in [0.15, 0.2) is 23.2 Å². The molecule has 1 saturated heterocycles. The van der Waals surface area contributed by atoms with Gasteiger partial charge in [0.15, 0.2) is 5.96 Å². The quantitative estimate of drug-likeness (QED) is 0.437. The molecule has 0 radical (unpaired) electrons. The zero-order valence-corrected chi connectivity index (χ0v) is 17.0. The SMILES string of the molecule is CN=C(NCc1cccc(C)n1)NC1CCN(C(C)C)CC1.I. The zero-order valence-electron chi connectivity index (χ0n) is 14.7. The second-order valence-electron chi connectivity index (χ2n) is 6.24. The molecule has 0 aromatic carbocycles. The predicted octanol–water partition coefficient (Wildman–Crippen LogP) is 2.55. The zero-order chi connectivity index (χ0) is 15.9. The first-order valence-corrected chi connectivity index (χ1v) is 8.22. The molecule has 5 nitrogen and oxygen atoms in total.